The van der Waals surface area contributed by atoms with Crippen LogP contribution >= 0.6 is 0 Å². The lowest BCUT2D eigenvalue weighted by Crippen LogP contribution is -2.30. The van der Waals surface area contributed by atoms with E-state index in [-0.39, 0.29) is 28.3 Å². The standard InChI is InChI=1S/C25H22N2O6/c1-14-7-9-19(28)18(12-14)27-22(17-6-4-5-11-26-17)21(24(30)25(27)31)23(29)16-13-15(32-2)8-10-20(16)33-3/h4-13,22,28-29H,1-3H3/b23-21+. The number of Topliss-reactive ketones (excluding diaryl/α,β-unsaturated/α-hetero) is 1. The van der Waals surface area contributed by atoms with Gasteiger partial charge >= 0.3 is 0 Å². The second-order valence-corrected chi connectivity index (χ2v) is 7.48. The van der Waals surface area contributed by atoms with Crippen molar-refractivity contribution >= 4 is 23.1 Å². The first-order valence-corrected chi connectivity index (χ1v) is 10.1. The highest BCUT2D eigenvalue weighted by Gasteiger charge is 2.48. The van der Waals surface area contributed by atoms with Gasteiger partial charge in [0.05, 0.1) is 36.7 Å². The van der Waals surface area contributed by atoms with Gasteiger partial charge in [0.15, 0.2) is 0 Å². The van der Waals surface area contributed by atoms with Gasteiger partial charge in [-0.25, -0.2) is 0 Å². The summed E-state index contributed by atoms with van der Waals surface area (Å²) in [5.74, 6) is -1.70. The lowest BCUT2D eigenvalue weighted by Gasteiger charge is -2.25. The number of hydrogen-bond acceptors (Lipinski definition) is 7. The van der Waals surface area contributed by atoms with Crippen LogP contribution in [0.2, 0.25) is 0 Å². The predicted octanol–water partition coefficient (Wildman–Crippen LogP) is 3.74. The van der Waals surface area contributed by atoms with Gasteiger partial charge in [-0.1, -0.05) is 12.1 Å². The number of benzene rings is 2. The number of carbonyl (C=O) groups is 2. The minimum absolute atomic E-state index is 0.143. The van der Waals surface area contributed by atoms with Crippen LogP contribution in [0.4, 0.5) is 5.69 Å². The molecule has 8 nitrogen and oxygen atoms in total. The third-order valence-corrected chi connectivity index (χ3v) is 5.46. The molecule has 4 rings (SSSR count). The molecule has 168 valence electrons. The number of ketones is 1. The van der Waals surface area contributed by atoms with Crippen LogP contribution in [0.1, 0.15) is 22.9 Å². The van der Waals surface area contributed by atoms with Crippen molar-refractivity contribution in [3.8, 4) is 17.2 Å². The number of hydrogen-bond donors (Lipinski definition) is 2. The van der Waals surface area contributed by atoms with E-state index in [0.717, 1.165) is 10.5 Å². The SMILES string of the molecule is COc1ccc(OC)c(/C(O)=C2\C(=O)C(=O)N(c3cc(C)ccc3O)C2c2ccccn2)c1. The number of rotatable bonds is 5. The predicted molar refractivity (Wildman–Crippen MR) is 121 cm³/mol. The molecular weight excluding hydrogens is 424 g/mol. The number of anilines is 1. The van der Waals surface area contributed by atoms with Gasteiger partial charge < -0.3 is 19.7 Å². The van der Waals surface area contributed by atoms with Crippen molar-refractivity contribution in [3.63, 3.8) is 0 Å². The maximum absolute atomic E-state index is 13.2. The zero-order valence-corrected chi connectivity index (χ0v) is 18.3. The van der Waals surface area contributed by atoms with E-state index in [0.29, 0.717) is 11.4 Å². The van der Waals surface area contributed by atoms with E-state index < -0.39 is 23.5 Å². The van der Waals surface area contributed by atoms with Crippen LogP contribution in [0.5, 0.6) is 17.2 Å². The lowest BCUT2D eigenvalue weighted by molar-refractivity contribution is -0.132. The molecule has 0 bridgehead atoms. The first kappa shape index (κ1) is 21.9. The maximum Gasteiger partial charge on any atom is 0.300 e. The summed E-state index contributed by atoms with van der Waals surface area (Å²) in [7, 11) is 2.90. The molecule has 1 amide bonds. The number of aliphatic hydroxyl groups excluding tert-OH is 1. The van der Waals surface area contributed by atoms with Crippen LogP contribution in [-0.4, -0.2) is 41.1 Å². The number of aliphatic hydroxyl groups is 1. The van der Waals surface area contributed by atoms with E-state index in [4.69, 9.17) is 9.47 Å². The molecule has 0 radical (unpaired) electrons. The summed E-state index contributed by atoms with van der Waals surface area (Å²) >= 11 is 0. The van der Waals surface area contributed by atoms with Gasteiger partial charge in [0.1, 0.15) is 29.0 Å². The number of aromatic hydroxyl groups is 1. The number of phenols is 1. The molecule has 8 heteroatoms. The average molecular weight is 446 g/mol. The number of ether oxygens (including phenoxy) is 2. The Morgan fingerprint density at radius 1 is 1.03 bits per heavy atom. The van der Waals surface area contributed by atoms with Crippen LogP contribution in [0.25, 0.3) is 5.76 Å². The fraction of sp³-hybridized carbons (Fsp3) is 0.160. The van der Waals surface area contributed by atoms with Gasteiger partial charge in [-0.15, -0.1) is 0 Å². The molecule has 1 aliphatic rings. The molecule has 1 aromatic heterocycles. The van der Waals surface area contributed by atoms with Crippen LogP contribution in [0, 0.1) is 6.92 Å². The Balaban J connectivity index is 2.01. The quantitative estimate of drug-likeness (QED) is 0.349. The molecule has 1 unspecified atom stereocenters. The number of aromatic nitrogens is 1. The number of phenolic OH excluding ortho intramolecular Hbond substituents is 1. The van der Waals surface area contributed by atoms with Crippen LogP contribution in [0.15, 0.2) is 66.4 Å². The third kappa shape index (κ3) is 3.76. The van der Waals surface area contributed by atoms with Gasteiger partial charge in [0.25, 0.3) is 11.7 Å². The highest BCUT2D eigenvalue weighted by molar-refractivity contribution is 6.51. The van der Waals surface area contributed by atoms with Crippen molar-refractivity contribution in [2.75, 3.05) is 19.1 Å². The van der Waals surface area contributed by atoms with Crippen molar-refractivity contribution in [2.24, 2.45) is 0 Å². The summed E-state index contributed by atoms with van der Waals surface area (Å²) in [4.78, 5) is 31.9. The number of carbonyl (C=O) groups excluding carboxylic acids is 2. The number of methoxy groups -OCH3 is 2. The van der Waals surface area contributed by atoms with Crippen LogP contribution in [-0.2, 0) is 9.59 Å². The number of aryl methyl sites for hydroxylation is 1. The van der Waals surface area contributed by atoms with Gasteiger partial charge in [-0.05, 0) is 55.0 Å². The molecule has 1 atom stereocenters. The van der Waals surface area contributed by atoms with Crippen LogP contribution < -0.4 is 14.4 Å². The van der Waals surface area contributed by atoms with Crippen molar-refractivity contribution in [1.82, 2.24) is 4.98 Å². The third-order valence-electron chi connectivity index (χ3n) is 5.46. The van der Waals surface area contributed by atoms with E-state index in [2.05, 4.69) is 4.98 Å². The van der Waals surface area contributed by atoms with Gasteiger partial charge in [0.2, 0.25) is 0 Å². The smallest absolute Gasteiger partial charge is 0.300 e. The van der Waals surface area contributed by atoms with Crippen LogP contribution in [0.3, 0.4) is 0 Å². The average Bonchev–Trinajstić information content (AvgIpc) is 3.10. The lowest BCUT2D eigenvalue weighted by atomic mass is 9.97. The Kier molecular flexibility index (Phi) is 5.74. The highest BCUT2D eigenvalue weighted by Crippen LogP contribution is 2.45. The maximum atomic E-state index is 13.2. The fourth-order valence-corrected chi connectivity index (χ4v) is 3.87. The normalized spacial score (nSPS) is 17.3. The number of amides is 1. The second kappa shape index (κ2) is 8.66. The molecule has 1 aliphatic heterocycles. The minimum Gasteiger partial charge on any atom is -0.507 e. The van der Waals surface area contributed by atoms with E-state index in [1.807, 2.05) is 0 Å². The molecule has 33 heavy (non-hydrogen) atoms. The topological polar surface area (TPSA) is 109 Å². The molecule has 2 heterocycles. The Morgan fingerprint density at radius 2 is 1.82 bits per heavy atom. The van der Waals surface area contributed by atoms with Crippen molar-refractivity contribution in [2.45, 2.75) is 13.0 Å². The summed E-state index contributed by atoms with van der Waals surface area (Å²) in [6.07, 6.45) is 1.53. The Morgan fingerprint density at radius 3 is 2.48 bits per heavy atom. The molecule has 1 saturated heterocycles. The highest BCUT2D eigenvalue weighted by atomic mass is 16.5. The molecule has 0 aliphatic carbocycles. The summed E-state index contributed by atoms with van der Waals surface area (Å²) in [6.45, 7) is 1.80. The van der Waals surface area contributed by atoms with Gasteiger partial charge in [0, 0.05) is 6.20 Å². The Labute approximate surface area is 190 Å². The molecular formula is C25H22N2O6. The van der Waals surface area contributed by atoms with Crippen molar-refractivity contribution < 1.29 is 29.3 Å². The Bertz CT molecular complexity index is 1270. The van der Waals surface area contributed by atoms with Gasteiger partial charge in [-0.2, -0.15) is 0 Å². The monoisotopic (exact) mass is 446 g/mol. The zero-order chi connectivity index (χ0) is 23.7. The first-order chi connectivity index (χ1) is 15.9. The summed E-state index contributed by atoms with van der Waals surface area (Å²) < 4.78 is 10.6. The van der Waals surface area contributed by atoms with Crippen molar-refractivity contribution in [3.05, 3.63) is 83.2 Å². The first-order valence-electron chi connectivity index (χ1n) is 10.1. The van der Waals surface area contributed by atoms with E-state index in [9.17, 15) is 19.8 Å². The minimum atomic E-state index is -1.07. The largest absolute Gasteiger partial charge is 0.507 e. The molecule has 2 N–H and O–H groups in total. The van der Waals surface area contributed by atoms with Crippen molar-refractivity contribution in [1.29, 1.82) is 0 Å². The number of pyridine rings is 1. The zero-order valence-electron chi connectivity index (χ0n) is 18.3. The molecule has 2 aromatic carbocycles. The fourth-order valence-electron chi connectivity index (χ4n) is 3.87. The van der Waals surface area contributed by atoms with E-state index >= 15 is 0 Å². The molecule has 1 fully saturated rings. The molecule has 3 aromatic rings. The number of nitrogens with zero attached hydrogens (tertiary/aromatic N) is 2. The van der Waals surface area contributed by atoms with E-state index in [1.54, 1.807) is 49.4 Å². The second-order valence-electron chi connectivity index (χ2n) is 7.48. The Hall–Kier alpha value is -4.33. The molecule has 0 spiro atoms. The summed E-state index contributed by atoms with van der Waals surface area (Å²) in [5.41, 5.74) is 1.28. The summed E-state index contributed by atoms with van der Waals surface area (Å²) in [6, 6.07) is 13.5. The summed E-state index contributed by atoms with van der Waals surface area (Å²) in [5, 5.41) is 21.8. The molecule has 0 saturated carbocycles. The van der Waals surface area contributed by atoms with Gasteiger partial charge in [-0.3, -0.25) is 19.5 Å². The van der Waals surface area contributed by atoms with E-state index in [1.165, 1.54) is 32.5 Å².